The summed E-state index contributed by atoms with van der Waals surface area (Å²) in [6.45, 7) is 0.886. The molecule has 2 aromatic rings. The lowest BCUT2D eigenvalue weighted by Crippen LogP contribution is -2.15. The first kappa shape index (κ1) is 14.4. The molecule has 0 saturated heterocycles. The molecule has 5 heteroatoms. The summed E-state index contributed by atoms with van der Waals surface area (Å²) in [4.78, 5) is 5.54. The molecule has 2 nitrogen and oxygen atoms in total. The molecule has 0 radical (unpaired) electrons. The standard InChI is InChI=1S/C15H14BrClN2S/c16-11-3-6-14(10(8-11)9-19-12-4-5-12)20-15-13(17)2-1-7-18-15/h1-3,6-8,12,19H,4-5,9H2. The van der Waals surface area contributed by atoms with Crippen molar-refractivity contribution in [3.8, 4) is 0 Å². The molecule has 0 bridgehead atoms. The van der Waals surface area contributed by atoms with Crippen LogP contribution in [0.2, 0.25) is 5.02 Å². The van der Waals surface area contributed by atoms with Gasteiger partial charge in [-0.1, -0.05) is 39.3 Å². The van der Waals surface area contributed by atoms with Crippen molar-refractivity contribution in [2.75, 3.05) is 0 Å². The van der Waals surface area contributed by atoms with E-state index in [1.165, 1.54) is 23.3 Å². The van der Waals surface area contributed by atoms with Crippen molar-refractivity contribution in [3.63, 3.8) is 0 Å². The molecular weight excluding hydrogens is 356 g/mol. The van der Waals surface area contributed by atoms with E-state index in [1.807, 2.05) is 12.1 Å². The van der Waals surface area contributed by atoms with Crippen molar-refractivity contribution >= 4 is 39.3 Å². The minimum atomic E-state index is 0.696. The van der Waals surface area contributed by atoms with Crippen LogP contribution in [0.4, 0.5) is 0 Å². The molecule has 1 heterocycles. The van der Waals surface area contributed by atoms with Gasteiger partial charge in [0.2, 0.25) is 0 Å². The Bertz CT molecular complexity index is 617. The van der Waals surface area contributed by atoms with Gasteiger partial charge >= 0.3 is 0 Å². The van der Waals surface area contributed by atoms with E-state index in [1.54, 1.807) is 18.0 Å². The van der Waals surface area contributed by atoms with Crippen LogP contribution in [-0.4, -0.2) is 11.0 Å². The quantitative estimate of drug-likeness (QED) is 0.811. The number of aromatic nitrogens is 1. The summed E-state index contributed by atoms with van der Waals surface area (Å²) in [5, 5.41) is 5.10. The molecule has 1 N–H and O–H groups in total. The van der Waals surface area contributed by atoms with E-state index in [-0.39, 0.29) is 0 Å². The van der Waals surface area contributed by atoms with Gasteiger partial charge in [-0.2, -0.15) is 0 Å². The van der Waals surface area contributed by atoms with E-state index >= 15 is 0 Å². The van der Waals surface area contributed by atoms with Crippen molar-refractivity contribution in [1.82, 2.24) is 10.3 Å². The fourth-order valence-corrected chi connectivity index (χ4v) is 3.41. The van der Waals surface area contributed by atoms with E-state index in [0.29, 0.717) is 11.1 Å². The zero-order valence-electron chi connectivity index (χ0n) is 10.8. The summed E-state index contributed by atoms with van der Waals surface area (Å²) >= 11 is 11.3. The van der Waals surface area contributed by atoms with Crippen LogP contribution in [0.25, 0.3) is 0 Å². The monoisotopic (exact) mass is 368 g/mol. The summed E-state index contributed by atoms with van der Waals surface area (Å²) in [5.74, 6) is 0. The maximum atomic E-state index is 6.19. The largest absolute Gasteiger partial charge is 0.310 e. The summed E-state index contributed by atoms with van der Waals surface area (Å²) in [5.41, 5.74) is 1.28. The van der Waals surface area contributed by atoms with Gasteiger partial charge in [0.05, 0.1) is 5.02 Å². The fourth-order valence-electron chi connectivity index (χ4n) is 1.88. The highest BCUT2D eigenvalue weighted by Gasteiger charge is 2.20. The minimum Gasteiger partial charge on any atom is -0.310 e. The van der Waals surface area contributed by atoms with E-state index in [2.05, 4.69) is 44.4 Å². The Morgan fingerprint density at radius 2 is 2.20 bits per heavy atom. The highest BCUT2D eigenvalue weighted by molar-refractivity contribution is 9.10. The lowest BCUT2D eigenvalue weighted by Gasteiger charge is -2.11. The van der Waals surface area contributed by atoms with Crippen LogP contribution in [0.5, 0.6) is 0 Å². The molecule has 1 aromatic carbocycles. The predicted octanol–water partition coefficient (Wildman–Crippen LogP) is 4.90. The van der Waals surface area contributed by atoms with Crippen LogP contribution in [0.15, 0.2) is 50.9 Å². The zero-order chi connectivity index (χ0) is 13.9. The Hall–Kier alpha value is -0.550. The summed E-state index contributed by atoms with van der Waals surface area (Å²) in [6.07, 6.45) is 4.36. The van der Waals surface area contributed by atoms with Crippen LogP contribution in [0.1, 0.15) is 18.4 Å². The van der Waals surface area contributed by atoms with Crippen molar-refractivity contribution in [2.45, 2.75) is 35.3 Å². The van der Waals surface area contributed by atoms with Crippen molar-refractivity contribution in [1.29, 1.82) is 0 Å². The maximum Gasteiger partial charge on any atom is 0.119 e. The maximum absolute atomic E-state index is 6.19. The van der Waals surface area contributed by atoms with Gasteiger partial charge in [0.1, 0.15) is 5.03 Å². The number of benzene rings is 1. The van der Waals surface area contributed by atoms with Gasteiger partial charge < -0.3 is 5.32 Å². The Morgan fingerprint density at radius 1 is 1.35 bits per heavy atom. The van der Waals surface area contributed by atoms with Crippen LogP contribution in [-0.2, 0) is 6.54 Å². The van der Waals surface area contributed by atoms with Gasteiger partial charge in [-0.25, -0.2) is 4.98 Å². The Labute approximate surface area is 136 Å². The third kappa shape index (κ3) is 3.76. The van der Waals surface area contributed by atoms with Gasteiger partial charge in [0.25, 0.3) is 0 Å². The molecule has 1 aromatic heterocycles. The van der Waals surface area contributed by atoms with Gasteiger partial charge in [-0.3, -0.25) is 0 Å². The summed E-state index contributed by atoms with van der Waals surface area (Å²) in [6, 6.07) is 10.8. The Kier molecular flexibility index (Phi) is 4.66. The van der Waals surface area contributed by atoms with Crippen LogP contribution in [0.3, 0.4) is 0 Å². The molecule has 0 unspecified atom stereocenters. The van der Waals surface area contributed by atoms with E-state index < -0.39 is 0 Å². The average Bonchev–Trinajstić information content (AvgIpc) is 3.25. The molecule has 1 saturated carbocycles. The SMILES string of the molecule is Clc1cccnc1Sc1ccc(Br)cc1CNC1CC1. The molecule has 0 atom stereocenters. The van der Waals surface area contributed by atoms with Gasteiger partial charge in [-0.05, 0) is 48.7 Å². The van der Waals surface area contributed by atoms with Crippen LogP contribution >= 0.6 is 39.3 Å². The van der Waals surface area contributed by atoms with E-state index in [4.69, 9.17) is 11.6 Å². The van der Waals surface area contributed by atoms with Gasteiger partial charge in [0.15, 0.2) is 0 Å². The minimum absolute atomic E-state index is 0.696. The molecule has 3 rings (SSSR count). The topological polar surface area (TPSA) is 24.9 Å². The Morgan fingerprint density at radius 3 is 2.95 bits per heavy atom. The lowest BCUT2D eigenvalue weighted by atomic mass is 10.2. The second-order valence-corrected chi connectivity index (χ2v) is 7.15. The second-order valence-electron chi connectivity index (χ2n) is 4.80. The lowest BCUT2D eigenvalue weighted by molar-refractivity contribution is 0.680. The van der Waals surface area contributed by atoms with Crippen molar-refractivity contribution < 1.29 is 0 Å². The smallest absolute Gasteiger partial charge is 0.119 e. The van der Waals surface area contributed by atoms with Gasteiger partial charge in [-0.15, -0.1) is 0 Å². The first-order valence-corrected chi connectivity index (χ1v) is 8.51. The highest BCUT2D eigenvalue weighted by atomic mass is 79.9. The molecule has 0 aliphatic heterocycles. The fraction of sp³-hybridized carbons (Fsp3) is 0.267. The molecular formula is C15H14BrClN2S. The third-order valence-corrected chi connectivity index (χ3v) is 5.16. The number of pyridine rings is 1. The number of halogens is 2. The molecule has 104 valence electrons. The number of hydrogen-bond acceptors (Lipinski definition) is 3. The first-order valence-electron chi connectivity index (χ1n) is 6.52. The molecule has 1 aliphatic rings. The van der Waals surface area contributed by atoms with E-state index in [0.717, 1.165) is 16.0 Å². The molecule has 1 fully saturated rings. The molecule has 20 heavy (non-hydrogen) atoms. The average molecular weight is 370 g/mol. The first-order chi connectivity index (χ1) is 9.72. The van der Waals surface area contributed by atoms with Crippen LogP contribution < -0.4 is 5.32 Å². The van der Waals surface area contributed by atoms with Crippen molar-refractivity contribution in [3.05, 3.63) is 51.6 Å². The number of nitrogens with one attached hydrogen (secondary N) is 1. The third-order valence-electron chi connectivity index (χ3n) is 3.11. The normalized spacial score (nSPS) is 14.5. The van der Waals surface area contributed by atoms with E-state index in [9.17, 15) is 0 Å². The zero-order valence-corrected chi connectivity index (χ0v) is 13.9. The summed E-state index contributed by atoms with van der Waals surface area (Å²) < 4.78 is 1.10. The number of nitrogens with zero attached hydrogens (tertiary/aromatic N) is 1. The predicted molar refractivity (Wildman–Crippen MR) is 87.4 cm³/mol. The summed E-state index contributed by atoms with van der Waals surface area (Å²) in [7, 11) is 0. The van der Waals surface area contributed by atoms with Gasteiger partial charge in [0, 0.05) is 28.2 Å². The second kappa shape index (κ2) is 6.48. The molecule has 0 amide bonds. The molecule has 1 aliphatic carbocycles. The van der Waals surface area contributed by atoms with Crippen molar-refractivity contribution in [2.24, 2.45) is 0 Å². The number of rotatable bonds is 5. The Balaban J connectivity index is 1.82. The van der Waals surface area contributed by atoms with Crippen LogP contribution in [0, 0.1) is 0 Å². The molecule has 0 spiro atoms. The highest BCUT2D eigenvalue weighted by Crippen LogP contribution is 2.34. The number of hydrogen-bond donors (Lipinski definition) is 1.